The highest BCUT2D eigenvalue weighted by Crippen LogP contribution is 2.19. The summed E-state index contributed by atoms with van der Waals surface area (Å²) in [6.45, 7) is -0.260. The number of anilines is 1. The summed E-state index contributed by atoms with van der Waals surface area (Å²) < 4.78 is 44.5. The van der Waals surface area contributed by atoms with Gasteiger partial charge in [-0.25, -0.2) is 18.0 Å². The largest absolute Gasteiger partial charge is 0.457 e. The number of nitrogens with two attached hydrogens (primary N) is 1. The van der Waals surface area contributed by atoms with Gasteiger partial charge in [-0.2, -0.15) is 0 Å². The Morgan fingerprint density at radius 3 is 2.48 bits per heavy atom. The van der Waals surface area contributed by atoms with Gasteiger partial charge in [-0.3, -0.25) is 0 Å². The Labute approximate surface area is 123 Å². The zero-order chi connectivity index (χ0) is 15.6. The summed E-state index contributed by atoms with van der Waals surface area (Å²) in [4.78, 5) is 11.7. The van der Waals surface area contributed by atoms with E-state index in [2.05, 4.69) is 0 Å². The van der Waals surface area contributed by atoms with Gasteiger partial charge in [-0.05, 0) is 23.8 Å². The van der Waals surface area contributed by atoms with Crippen molar-refractivity contribution < 1.29 is 22.7 Å². The highest BCUT2D eigenvalue weighted by atomic mass is 35.5. The number of benzene rings is 2. The van der Waals surface area contributed by atoms with Gasteiger partial charge in [0, 0.05) is 6.07 Å². The molecule has 2 aromatic carbocycles. The molecule has 0 aromatic heterocycles. The highest BCUT2D eigenvalue weighted by molar-refractivity contribution is 6.30. The SMILES string of the molecule is Nc1cc(F)c(C(=O)OCc2ccc(F)c(Cl)c2)cc1F. The van der Waals surface area contributed by atoms with Crippen LogP contribution in [0.15, 0.2) is 30.3 Å². The first-order valence-electron chi connectivity index (χ1n) is 5.74. The van der Waals surface area contributed by atoms with E-state index >= 15 is 0 Å². The van der Waals surface area contributed by atoms with Gasteiger partial charge < -0.3 is 10.5 Å². The topological polar surface area (TPSA) is 52.3 Å². The predicted octanol–water partition coefficient (Wildman–Crippen LogP) is 3.70. The highest BCUT2D eigenvalue weighted by Gasteiger charge is 2.16. The number of rotatable bonds is 3. The third-order valence-corrected chi connectivity index (χ3v) is 2.95. The van der Waals surface area contributed by atoms with Crippen molar-refractivity contribution in [1.29, 1.82) is 0 Å². The van der Waals surface area contributed by atoms with Crippen LogP contribution in [0, 0.1) is 17.5 Å². The maximum absolute atomic E-state index is 13.5. The van der Waals surface area contributed by atoms with E-state index in [9.17, 15) is 18.0 Å². The minimum atomic E-state index is -1.06. The molecule has 0 spiro atoms. The van der Waals surface area contributed by atoms with E-state index in [1.807, 2.05) is 0 Å². The van der Waals surface area contributed by atoms with Crippen LogP contribution in [0.4, 0.5) is 18.9 Å². The third-order valence-electron chi connectivity index (χ3n) is 2.66. The molecule has 2 N–H and O–H groups in total. The van der Waals surface area contributed by atoms with Crippen molar-refractivity contribution in [3.05, 3.63) is 63.9 Å². The summed E-state index contributed by atoms with van der Waals surface area (Å²) in [6, 6.07) is 5.08. The summed E-state index contributed by atoms with van der Waals surface area (Å²) in [5.41, 5.74) is 4.59. The number of hydrogen-bond acceptors (Lipinski definition) is 3. The van der Waals surface area contributed by atoms with Gasteiger partial charge in [-0.15, -0.1) is 0 Å². The van der Waals surface area contributed by atoms with E-state index in [-0.39, 0.29) is 11.6 Å². The molecular weight excluding hydrogens is 307 g/mol. The van der Waals surface area contributed by atoms with Gasteiger partial charge in [0.15, 0.2) is 0 Å². The van der Waals surface area contributed by atoms with Crippen molar-refractivity contribution in [2.24, 2.45) is 0 Å². The van der Waals surface area contributed by atoms with E-state index in [0.29, 0.717) is 17.7 Å². The molecule has 2 aromatic rings. The zero-order valence-electron chi connectivity index (χ0n) is 10.5. The molecule has 2 rings (SSSR count). The Bertz CT molecular complexity index is 707. The quantitative estimate of drug-likeness (QED) is 0.694. The molecule has 0 fully saturated rings. The number of esters is 1. The second kappa shape index (κ2) is 6.05. The smallest absolute Gasteiger partial charge is 0.341 e. The van der Waals surface area contributed by atoms with Gasteiger partial charge >= 0.3 is 5.97 Å². The van der Waals surface area contributed by atoms with Crippen LogP contribution in [0.25, 0.3) is 0 Å². The number of carbonyl (C=O) groups is 1. The standard InChI is InChI=1S/C14H9ClF3NO2/c15-9-3-7(1-2-10(9)16)6-21-14(20)8-4-12(18)13(19)5-11(8)17/h1-5H,6,19H2. The van der Waals surface area contributed by atoms with E-state index in [0.717, 1.165) is 6.07 Å². The van der Waals surface area contributed by atoms with Crippen molar-refractivity contribution in [2.75, 3.05) is 5.73 Å². The molecule has 21 heavy (non-hydrogen) atoms. The molecule has 3 nitrogen and oxygen atoms in total. The number of halogens is 4. The molecule has 0 aliphatic carbocycles. The lowest BCUT2D eigenvalue weighted by atomic mass is 10.2. The first-order valence-corrected chi connectivity index (χ1v) is 6.12. The molecular formula is C14H9ClF3NO2. The average molecular weight is 316 g/mol. The normalized spacial score (nSPS) is 10.5. The second-order valence-corrected chi connectivity index (χ2v) is 4.59. The molecule has 0 saturated carbocycles. The van der Waals surface area contributed by atoms with E-state index in [1.54, 1.807) is 0 Å². The minimum absolute atomic E-state index is 0.131. The van der Waals surface area contributed by atoms with Crippen molar-refractivity contribution in [1.82, 2.24) is 0 Å². The molecule has 7 heteroatoms. The Morgan fingerprint density at radius 1 is 1.10 bits per heavy atom. The maximum Gasteiger partial charge on any atom is 0.341 e. The van der Waals surface area contributed by atoms with E-state index in [1.165, 1.54) is 12.1 Å². The van der Waals surface area contributed by atoms with Crippen molar-refractivity contribution in [2.45, 2.75) is 6.61 Å². The summed E-state index contributed by atoms with van der Waals surface area (Å²) in [5, 5.41) is -0.131. The first kappa shape index (κ1) is 15.2. The lowest BCUT2D eigenvalue weighted by molar-refractivity contribution is 0.0467. The third kappa shape index (κ3) is 3.46. The minimum Gasteiger partial charge on any atom is -0.457 e. The molecule has 0 amide bonds. The Morgan fingerprint density at radius 2 is 1.81 bits per heavy atom. The lowest BCUT2D eigenvalue weighted by Crippen LogP contribution is -2.09. The zero-order valence-corrected chi connectivity index (χ0v) is 11.3. The fourth-order valence-corrected chi connectivity index (χ4v) is 1.78. The van der Waals surface area contributed by atoms with Crippen molar-refractivity contribution >= 4 is 23.3 Å². The predicted molar refractivity (Wildman–Crippen MR) is 71.3 cm³/mol. The van der Waals surface area contributed by atoms with Crippen LogP contribution in [-0.4, -0.2) is 5.97 Å². The molecule has 0 saturated heterocycles. The van der Waals surface area contributed by atoms with Crippen LogP contribution in [0.1, 0.15) is 15.9 Å². The second-order valence-electron chi connectivity index (χ2n) is 4.18. The van der Waals surface area contributed by atoms with Crippen LogP contribution >= 0.6 is 11.6 Å². The van der Waals surface area contributed by atoms with Gasteiger partial charge in [0.1, 0.15) is 24.1 Å². The monoisotopic (exact) mass is 315 g/mol. The van der Waals surface area contributed by atoms with Crippen LogP contribution in [0.5, 0.6) is 0 Å². The Balaban J connectivity index is 2.11. The van der Waals surface area contributed by atoms with E-state index in [4.69, 9.17) is 22.1 Å². The number of ether oxygens (including phenoxy) is 1. The summed E-state index contributed by atoms with van der Waals surface area (Å²) in [5.74, 6) is -3.59. The number of nitrogen functional groups attached to an aromatic ring is 1. The van der Waals surface area contributed by atoms with Gasteiger partial charge in [-0.1, -0.05) is 17.7 Å². The molecule has 0 aliphatic rings. The Kier molecular flexibility index (Phi) is 4.37. The summed E-state index contributed by atoms with van der Waals surface area (Å²) in [7, 11) is 0. The lowest BCUT2D eigenvalue weighted by Gasteiger charge is -2.07. The fourth-order valence-electron chi connectivity index (χ4n) is 1.57. The average Bonchev–Trinajstić information content (AvgIpc) is 2.44. The number of carbonyl (C=O) groups excluding carboxylic acids is 1. The molecule has 0 atom stereocenters. The van der Waals surface area contributed by atoms with Gasteiger partial charge in [0.05, 0.1) is 16.3 Å². The molecule has 0 unspecified atom stereocenters. The van der Waals surface area contributed by atoms with Crippen LogP contribution in [0.3, 0.4) is 0 Å². The van der Waals surface area contributed by atoms with Crippen LogP contribution in [-0.2, 0) is 11.3 Å². The van der Waals surface area contributed by atoms with Gasteiger partial charge in [0.2, 0.25) is 0 Å². The Hall–Kier alpha value is -2.21. The molecule has 0 bridgehead atoms. The van der Waals surface area contributed by atoms with Crippen LogP contribution < -0.4 is 5.73 Å². The first-order chi connectivity index (χ1) is 9.88. The molecule has 0 aliphatic heterocycles. The maximum atomic E-state index is 13.5. The van der Waals surface area contributed by atoms with Crippen molar-refractivity contribution in [3.8, 4) is 0 Å². The fraction of sp³-hybridized carbons (Fsp3) is 0.0714. The molecule has 0 heterocycles. The van der Waals surface area contributed by atoms with Crippen molar-refractivity contribution in [3.63, 3.8) is 0 Å². The number of hydrogen-bond donors (Lipinski definition) is 1. The van der Waals surface area contributed by atoms with Gasteiger partial charge in [0.25, 0.3) is 0 Å². The van der Waals surface area contributed by atoms with Crippen LogP contribution in [0.2, 0.25) is 5.02 Å². The molecule has 110 valence electrons. The molecule has 0 radical (unpaired) electrons. The summed E-state index contributed by atoms with van der Waals surface area (Å²) in [6.07, 6.45) is 0. The summed E-state index contributed by atoms with van der Waals surface area (Å²) >= 11 is 5.57. The van der Waals surface area contributed by atoms with E-state index < -0.39 is 34.7 Å².